The molecule has 0 amide bonds. The zero-order valence-corrected chi connectivity index (χ0v) is 4.31. The van der Waals surface area contributed by atoms with E-state index in [4.69, 9.17) is 0 Å². The number of hydrogen-bond acceptors (Lipinski definition) is 0. The van der Waals surface area contributed by atoms with Gasteiger partial charge in [0.15, 0.2) is 6.04 Å². The summed E-state index contributed by atoms with van der Waals surface area (Å²) in [6, 6.07) is 2.13. The SMILES string of the molecule is CC1C2C[N+]12C. The molecule has 2 heterocycles. The molecule has 0 aliphatic carbocycles. The Morgan fingerprint density at radius 3 is 2.00 bits per heavy atom. The molecule has 0 spiro atoms. The zero-order chi connectivity index (χ0) is 4.36. The Morgan fingerprint density at radius 1 is 1.67 bits per heavy atom. The van der Waals surface area contributed by atoms with Gasteiger partial charge in [0.05, 0.1) is 7.05 Å². The van der Waals surface area contributed by atoms with Gasteiger partial charge in [0, 0.05) is 0 Å². The second-order valence-corrected chi connectivity index (χ2v) is 2.84. The normalized spacial score (nSPS) is 73.0. The molecule has 2 aliphatic rings. The first kappa shape index (κ1) is 3.03. The minimum atomic E-state index is 1.03. The van der Waals surface area contributed by atoms with Gasteiger partial charge in [-0.05, 0) is 6.92 Å². The third kappa shape index (κ3) is 0.121. The van der Waals surface area contributed by atoms with Gasteiger partial charge >= 0.3 is 0 Å². The Morgan fingerprint density at radius 2 is 2.00 bits per heavy atom. The maximum absolute atomic E-state index is 2.33. The average molecular weight is 84.1 g/mol. The molecule has 0 bridgehead atoms. The van der Waals surface area contributed by atoms with Crippen LogP contribution in [0.4, 0.5) is 0 Å². The fraction of sp³-hybridized carbons (Fsp3) is 1.00. The van der Waals surface area contributed by atoms with Crippen molar-refractivity contribution in [1.29, 1.82) is 0 Å². The van der Waals surface area contributed by atoms with Crippen molar-refractivity contribution in [3.8, 4) is 0 Å². The zero-order valence-electron chi connectivity index (χ0n) is 4.31. The van der Waals surface area contributed by atoms with Crippen LogP contribution in [0, 0.1) is 0 Å². The van der Waals surface area contributed by atoms with Crippen molar-refractivity contribution in [2.24, 2.45) is 0 Å². The number of nitrogens with zero attached hydrogens (tertiary/aromatic N) is 1. The van der Waals surface area contributed by atoms with Gasteiger partial charge in [0.25, 0.3) is 0 Å². The number of hydrogen-bond donors (Lipinski definition) is 0. The van der Waals surface area contributed by atoms with Crippen LogP contribution in [0.3, 0.4) is 0 Å². The molecule has 1 nitrogen and oxygen atoms in total. The van der Waals surface area contributed by atoms with Crippen molar-refractivity contribution in [3.05, 3.63) is 0 Å². The van der Waals surface area contributed by atoms with Crippen molar-refractivity contribution in [1.82, 2.24) is 0 Å². The van der Waals surface area contributed by atoms with Crippen molar-refractivity contribution >= 4 is 0 Å². The highest BCUT2D eigenvalue weighted by Crippen LogP contribution is 2.52. The predicted molar refractivity (Wildman–Crippen MR) is 24.3 cm³/mol. The second kappa shape index (κ2) is 0.463. The molecule has 1 heteroatoms. The van der Waals surface area contributed by atoms with E-state index in [0.29, 0.717) is 0 Å². The van der Waals surface area contributed by atoms with Gasteiger partial charge in [-0.1, -0.05) is 0 Å². The summed E-state index contributed by atoms with van der Waals surface area (Å²) in [5.41, 5.74) is 0. The summed E-state index contributed by atoms with van der Waals surface area (Å²) in [6.07, 6.45) is 0. The second-order valence-electron chi connectivity index (χ2n) is 2.84. The molecule has 3 unspecified atom stereocenters. The van der Waals surface area contributed by atoms with Crippen molar-refractivity contribution < 1.29 is 4.48 Å². The Labute approximate surface area is 38.2 Å². The molecule has 0 aromatic carbocycles. The van der Waals surface area contributed by atoms with Gasteiger partial charge in [0.2, 0.25) is 0 Å². The quantitative estimate of drug-likeness (QED) is 0.291. The number of fused-ring (bicyclic) bond motifs is 1. The summed E-state index contributed by atoms with van der Waals surface area (Å²) in [4.78, 5) is 0. The third-order valence-electron chi connectivity index (χ3n) is 2.60. The standard InChI is InChI=1S/C5H10N/c1-4-5-3-6(4,5)2/h4-5H,3H2,1-2H3/q+1. The summed E-state index contributed by atoms with van der Waals surface area (Å²) in [5, 5.41) is 0. The fourth-order valence-corrected chi connectivity index (χ4v) is 1.34. The van der Waals surface area contributed by atoms with Crippen LogP contribution in [0.2, 0.25) is 0 Å². The van der Waals surface area contributed by atoms with E-state index in [1.54, 1.807) is 0 Å². The predicted octanol–water partition coefficient (Wildman–Crippen LogP) is 0.217. The van der Waals surface area contributed by atoms with E-state index in [1.165, 1.54) is 11.0 Å². The minimum absolute atomic E-state index is 1.03. The van der Waals surface area contributed by atoms with E-state index in [2.05, 4.69) is 14.0 Å². The lowest BCUT2D eigenvalue weighted by molar-refractivity contribution is -0.694. The van der Waals surface area contributed by atoms with Gasteiger partial charge in [-0.15, -0.1) is 0 Å². The van der Waals surface area contributed by atoms with Crippen molar-refractivity contribution in [2.75, 3.05) is 13.6 Å². The van der Waals surface area contributed by atoms with E-state index in [-0.39, 0.29) is 0 Å². The van der Waals surface area contributed by atoms with Crippen LogP contribution in [-0.4, -0.2) is 30.2 Å². The molecule has 0 radical (unpaired) electrons. The van der Waals surface area contributed by atoms with Crippen LogP contribution < -0.4 is 0 Å². The molecule has 6 heavy (non-hydrogen) atoms. The smallest absolute Gasteiger partial charge is 0.191 e. The molecule has 2 saturated heterocycles. The Balaban J connectivity index is 2.23. The summed E-state index contributed by atoms with van der Waals surface area (Å²) in [6.45, 7) is 3.80. The van der Waals surface area contributed by atoms with Gasteiger partial charge in [-0.3, -0.25) is 0 Å². The first-order valence-corrected chi connectivity index (χ1v) is 2.60. The van der Waals surface area contributed by atoms with Crippen LogP contribution in [-0.2, 0) is 0 Å². The number of likely N-dealkylation sites (N-methyl/N-ethyl adjacent to an activating group) is 1. The molecule has 0 saturated carbocycles. The van der Waals surface area contributed by atoms with Gasteiger partial charge in [-0.2, -0.15) is 0 Å². The maximum Gasteiger partial charge on any atom is 0.191 e. The molecule has 2 rings (SSSR count). The van der Waals surface area contributed by atoms with Crippen LogP contribution in [0.5, 0.6) is 0 Å². The Kier molecular flexibility index (Phi) is 0.234. The minimum Gasteiger partial charge on any atom is -0.302 e. The van der Waals surface area contributed by atoms with E-state index in [0.717, 1.165) is 12.1 Å². The first-order valence-electron chi connectivity index (χ1n) is 2.60. The van der Waals surface area contributed by atoms with Crippen LogP contribution in [0.15, 0.2) is 0 Å². The fourth-order valence-electron chi connectivity index (χ4n) is 1.34. The molecule has 2 aliphatic heterocycles. The lowest BCUT2D eigenvalue weighted by Gasteiger charge is -1.94. The largest absolute Gasteiger partial charge is 0.302 e. The van der Waals surface area contributed by atoms with Gasteiger partial charge in [-0.25, -0.2) is 0 Å². The highest BCUT2D eigenvalue weighted by Gasteiger charge is 2.77. The van der Waals surface area contributed by atoms with E-state index >= 15 is 0 Å². The molecule has 0 N–H and O–H groups in total. The molecule has 34 valence electrons. The van der Waals surface area contributed by atoms with Crippen LogP contribution in [0.25, 0.3) is 0 Å². The van der Waals surface area contributed by atoms with E-state index in [9.17, 15) is 0 Å². The van der Waals surface area contributed by atoms with E-state index in [1.807, 2.05) is 0 Å². The molecular formula is C5H10N+. The van der Waals surface area contributed by atoms with Gasteiger partial charge in [0.1, 0.15) is 12.6 Å². The van der Waals surface area contributed by atoms with E-state index < -0.39 is 0 Å². The summed E-state index contributed by atoms with van der Waals surface area (Å²) >= 11 is 0. The molecule has 0 aromatic rings. The molecule has 2 fully saturated rings. The number of quaternary nitrogens is 1. The molecule has 0 aromatic heterocycles. The Hall–Kier alpha value is -0.0400. The monoisotopic (exact) mass is 84.1 g/mol. The third-order valence-corrected chi connectivity index (χ3v) is 2.60. The maximum atomic E-state index is 2.33. The molecular weight excluding hydrogens is 74.1 g/mol. The summed E-state index contributed by atoms with van der Waals surface area (Å²) < 4.78 is 1.40. The summed E-state index contributed by atoms with van der Waals surface area (Å²) in [7, 11) is 2.33. The number of rotatable bonds is 0. The first-order chi connectivity index (χ1) is 2.75. The lowest BCUT2D eigenvalue weighted by atomic mass is 10.3. The highest BCUT2D eigenvalue weighted by molar-refractivity contribution is 4.96. The van der Waals surface area contributed by atoms with Crippen LogP contribution >= 0.6 is 0 Å². The Bertz CT molecular complexity index is 94.1. The summed E-state index contributed by atoms with van der Waals surface area (Å²) in [5.74, 6) is 0. The lowest BCUT2D eigenvalue weighted by Crippen LogP contribution is -2.12. The topological polar surface area (TPSA) is 0 Å². The highest BCUT2D eigenvalue weighted by atomic mass is 15.7. The van der Waals surface area contributed by atoms with Crippen molar-refractivity contribution in [3.63, 3.8) is 0 Å². The molecule has 3 atom stereocenters. The van der Waals surface area contributed by atoms with Crippen molar-refractivity contribution in [2.45, 2.75) is 19.0 Å². The average Bonchev–Trinajstić information content (AvgIpc) is 2.24. The van der Waals surface area contributed by atoms with Gasteiger partial charge < -0.3 is 4.48 Å². The van der Waals surface area contributed by atoms with Crippen LogP contribution in [0.1, 0.15) is 6.92 Å².